The number of rotatable bonds is 6. The Kier molecular flexibility index (Phi) is 7.63. The molecule has 6 heteroatoms. The van der Waals surface area contributed by atoms with Gasteiger partial charge in [-0.3, -0.25) is 9.59 Å². The van der Waals surface area contributed by atoms with Crippen molar-refractivity contribution in [3.05, 3.63) is 48.0 Å². The Hall–Kier alpha value is -2.11. The van der Waals surface area contributed by atoms with Crippen molar-refractivity contribution in [2.24, 2.45) is 5.73 Å². The molecule has 0 bridgehead atoms. The summed E-state index contributed by atoms with van der Waals surface area (Å²) in [5.74, 6) is -0.0317. The van der Waals surface area contributed by atoms with E-state index in [1.807, 2.05) is 31.2 Å². The zero-order valence-electron chi connectivity index (χ0n) is 15.7. The van der Waals surface area contributed by atoms with Crippen LogP contribution < -0.4 is 11.1 Å². The third kappa shape index (κ3) is 4.79. The van der Waals surface area contributed by atoms with Crippen LogP contribution in [0.5, 0.6) is 0 Å². The normalized spacial score (nSPS) is 17.4. The van der Waals surface area contributed by atoms with E-state index in [0.29, 0.717) is 19.5 Å². The molecule has 0 aromatic heterocycles. The van der Waals surface area contributed by atoms with E-state index in [1.54, 1.807) is 4.90 Å². The number of nitrogens with one attached hydrogen (secondary N) is 1. The molecular formula is C21H28ClN3O2. The van der Waals surface area contributed by atoms with Crippen molar-refractivity contribution in [2.45, 2.75) is 44.7 Å². The van der Waals surface area contributed by atoms with E-state index < -0.39 is 0 Å². The zero-order valence-corrected chi connectivity index (χ0v) is 16.5. The largest absolute Gasteiger partial charge is 0.346 e. The molecular weight excluding hydrogens is 362 g/mol. The van der Waals surface area contributed by atoms with E-state index in [-0.39, 0.29) is 36.3 Å². The molecule has 146 valence electrons. The lowest BCUT2D eigenvalue weighted by Gasteiger charge is -2.26. The molecule has 27 heavy (non-hydrogen) atoms. The van der Waals surface area contributed by atoms with Gasteiger partial charge in [0.05, 0.1) is 6.04 Å². The molecule has 1 aliphatic rings. The van der Waals surface area contributed by atoms with Gasteiger partial charge in [-0.15, -0.1) is 12.4 Å². The van der Waals surface area contributed by atoms with Gasteiger partial charge in [0.2, 0.25) is 11.8 Å². The summed E-state index contributed by atoms with van der Waals surface area (Å²) in [4.78, 5) is 26.8. The first-order valence-corrected chi connectivity index (χ1v) is 9.42. The lowest BCUT2D eigenvalue weighted by molar-refractivity contribution is -0.138. The highest BCUT2D eigenvalue weighted by Gasteiger charge is 2.34. The summed E-state index contributed by atoms with van der Waals surface area (Å²) in [6, 6.07) is 13.6. The van der Waals surface area contributed by atoms with Gasteiger partial charge in [-0.1, -0.05) is 43.3 Å². The van der Waals surface area contributed by atoms with Gasteiger partial charge in [-0.25, -0.2) is 0 Å². The zero-order chi connectivity index (χ0) is 18.5. The number of hydrogen-bond donors (Lipinski definition) is 2. The Morgan fingerprint density at radius 2 is 1.96 bits per heavy atom. The summed E-state index contributed by atoms with van der Waals surface area (Å²) in [6.45, 7) is 2.97. The highest BCUT2D eigenvalue weighted by atomic mass is 35.5. The van der Waals surface area contributed by atoms with Crippen LogP contribution in [-0.4, -0.2) is 35.8 Å². The molecule has 3 rings (SSSR count). The molecule has 2 unspecified atom stereocenters. The van der Waals surface area contributed by atoms with Crippen molar-refractivity contribution in [1.82, 2.24) is 10.2 Å². The van der Waals surface area contributed by atoms with E-state index in [1.165, 1.54) is 0 Å². The quantitative estimate of drug-likeness (QED) is 0.796. The SMILES string of the molecule is CCCC(=O)N1CCCC1C(=O)NC(CN)c1ccc2ccccc2c1.Cl. The van der Waals surface area contributed by atoms with Gasteiger partial charge in [0, 0.05) is 19.5 Å². The Morgan fingerprint density at radius 3 is 2.67 bits per heavy atom. The minimum Gasteiger partial charge on any atom is -0.346 e. The summed E-state index contributed by atoms with van der Waals surface area (Å²) >= 11 is 0. The van der Waals surface area contributed by atoms with Gasteiger partial charge < -0.3 is 16.0 Å². The molecule has 1 saturated heterocycles. The highest BCUT2D eigenvalue weighted by Crippen LogP contribution is 2.23. The standard InChI is InChI=1S/C21H27N3O2.ClH/c1-2-6-20(25)24-12-5-9-19(24)21(26)23-18(14-22)17-11-10-15-7-3-4-8-16(15)13-17;/h3-4,7-8,10-11,13,18-19H,2,5-6,9,12,14,22H2,1H3,(H,23,26);1H. The van der Waals surface area contributed by atoms with Crippen LogP contribution in [0.25, 0.3) is 10.8 Å². The van der Waals surface area contributed by atoms with Crippen LogP contribution in [0.4, 0.5) is 0 Å². The molecule has 1 heterocycles. The number of nitrogens with zero attached hydrogens (tertiary/aromatic N) is 1. The van der Waals surface area contributed by atoms with E-state index in [9.17, 15) is 9.59 Å². The second-order valence-electron chi connectivity index (χ2n) is 6.90. The molecule has 2 amide bonds. The Morgan fingerprint density at radius 1 is 1.22 bits per heavy atom. The first-order valence-electron chi connectivity index (χ1n) is 9.42. The van der Waals surface area contributed by atoms with Crippen LogP contribution in [-0.2, 0) is 9.59 Å². The van der Waals surface area contributed by atoms with Crippen molar-refractivity contribution in [3.8, 4) is 0 Å². The van der Waals surface area contributed by atoms with Crippen molar-refractivity contribution in [3.63, 3.8) is 0 Å². The van der Waals surface area contributed by atoms with Gasteiger partial charge in [0.25, 0.3) is 0 Å². The second kappa shape index (κ2) is 9.72. The molecule has 0 radical (unpaired) electrons. The highest BCUT2D eigenvalue weighted by molar-refractivity contribution is 5.89. The van der Waals surface area contributed by atoms with Gasteiger partial charge in [0.15, 0.2) is 0 Å². The fourth-order valence-corrected chi connectivity index (χ4v) is 3.67. The van der Waals surface area contributed by atoms with Crippen molar-refractivity contribution in [2.75, 3.05) is 13.1 Å². The Bertz CT molecular complexity index is 796. The third-order valence-corrected chi connectivity index (χ3v) is 5.07. The average Bonchev–Trinajstić information content (AvgIpc) is 3.16. The summed E-state index contributed by atoms with van der Waals surface area (Å²) in [5, 5.41) is 5.34. The van der Waals surface area contributed by atoms with Gasteiger partial charge >= 0.3 is 0 Å². The van der Waals surface area contributed by atoms with E-state index in [4.69, 9.17) is 5.73 Å². The maximum atomic E-state index is 12.8. The maximum Gasteiger partial charge on any atom is 0.243 e. The molecule has 0 spiro atoms. The number of fused-ring (bicyclic) bond motifs is 1. The maximum absolute atomic E-state index is 12.8. The number of likely N-dealkylation sites (tertiary alicyclic amines) is 1. The van der Waals surface area contributed by atoms with Crippen LogP contribution in [0.15, 0.2) is 42.5 Å². The van der Waals surface area contributed by atoms with E-state index >= 15 is 0 Å². The minimum absolute atomic E-state index is 0. The smallest absolute Gasteiger partial charge is 0.243 e. The summed E-state index contributed by atoms with van der Waals surface area (Å²) < 4.78 is 0. The van der Waals surface area contributed by atoms with Gasteiger partial charge in [0.1, 0.15) is 6.04 Å². The lowest BCUT2D eigenvalue weighted by atomic mass is 10.0. The summed E-state index contributed by atoms with van der Waals surface area (Å²) in [6.07, 6.45) is 2.88. The molecule has 2 aromatic carbocycles. The number of nitrogens with two attached hydrogens (primary N) is 1. The molecule has 3 N–H and O–H groups in total. The molecule has 5 nitrogen and oxygen atoms in total. The number of amides is 2. The molecule has 1 fully saturated rings. The van der Waals surface area contributed by atoms with E-state index in [0.717, 1.165) is 35.6 Å². The minimum atomic E-state index is -0.372. The van der Waals surface area contributed by atoms with Crippen molar-refractivity contribution < 1.29 is 9.59 Å². The summed E-state index contributed by atoms with van der Waals surface area (Å²) in [7, 11) is 0. The first-order chi connectivity index (χ1) is 12.6. The Balaban J connectivity index is 0.00000261. The van der Waals surface area contributed by atoms with Crippen LogP contribution >= 0.6 is 12.4 Å². The number of carbonyl (C=O) groups is 2. The number of halogens is 1. The van der Waals surface area contributed by atoms with Crippen molar-refractivity contribution >= 4 is 35.0 Å². The lowest BCUT2D eigenvalue weighted by Crippen LogP contribution is -2.47. The molecule has 2 aromatic rings. The van der Waals surface area contributed by atoms with E-state index in [2.05, 4.69) is 23.5 Å². The topological polar surface area (TPSA) is 75.4 Å². The third-order valence-electron chi connectivity index (χ3n) is 5.07. The molecule has 1 aliphatic heterocycles. The predicted octanol–water partition coefficient (Wildman–Crippen LogP) is 3.17. The van der Waals surface area contributed by atoms with Crippen LogP contribution in [0.3, 0.4) is 0 Å². The van der Waals surface area contributed by atoms with Crippen LogP contribution in [0.2, 0.25) is 0 Å². The first kappa shape index (κ1) is 21.2. The fourth-order valence-electron chi connectivity index (χ4n) is 3.67. The molecule has 2 atom stereocenters. The number of benzene rings is 2. The molecule has 0 saturated carbocycles. The van der Waals surface area contributed by atoms with Gasteiger partial charge in [-0.05, 0) is 41.7 Å². The average molecular weight is 390 g/mol. The number of carbonyl (C=O) groups excluding carboxylic acids is 2. The van der Waals surface area contributed by atoms with Gasteiger partial charge in [-0.2, -0.15) is 0 Å². The summed E-state index contributed by atoms with van der Waals surface area (Å²) in [5.41, 5.74) is 6.93. The molecule has 0 aliphatic carbocycles. The predicted molar refractivity (Wildman–Crippen MR) is 111 cm³/mol. The second-order valence-corrected chi connectivity index (χ2v) is 6.90. The monoisotopic (exact) mass is 389 g/mol. The fraction of sp³-hybridized carbons (Fsp3) is 0.429. The Labute approximate surface area is 166 Å². The number of hydrogen-bond acceptors (Lipinski definition) is 3. The van der Waals surface area contributed by atoms with Crippen molar-refractivity contribution in [1.29, 1.82) is 0 Å². The van der Waals surface area contributed by atoms with Crippen LogP contribution in [0.1, 0.15) is 44.2 Å². The van der Waals surface area contributed by atoms with Crippen LogP contribution in [0, 0.1) is 0 Å².